The van der Waals surface area contributed by atoms with Crippen LogP contribution in [0.1, 0.15) is 56.9 Å². The van der Waals surface area contributed by atoms with Crippen molar-refractivity contribution < 1.29 is 9.21 Å². The van der Waals surface area contributed by atoms with Crippen molar-refractivity contribution >= 4 is 11.6 Å². The fraction of sp³-hybridized carbons (Fsp3) is 0.400. The third-order valence-corrected chi connectivity index (χ3v) is 4.54. The predicted molar refractivity (Wildman–Crippen MR) is 95.1 cm³/mol. The van der Waals surface area contributed by atoms with Gasteiger partial charge in [-0.25, -0.2) is 5.43 Å². The van der Waals surface area contributed by atoms with Gasteiger partial charge in [-0.1, -0.05) is 45.0 Å². The van der Waals surface area contributed by atoms with Gasteiger partial charge in [-0.15, -0.1) is 0 Å². The maximum absolute atomic E-state index is 12.2. The van der Waals surface area contributed by atoms with Crippen LogP contribution in [-0.4, -0.2) is 11.6 Å². The summed E-state index contributed by atoms with van der Waals surface area (Å²) in [6, 6.07) is 12.3. The second-order valence-corrected chi connectivity index (χ2v) is 7.47. The highest BCUT2D eigenvalue weighted by molar-refractivity contribution is 5.97. The zero-order valence-electron chi connectivity index (χ0n) is 14.7. The number of carbonyl (C=O) groups excluding carboxylic acids is 1. The molecule has 1 aliphatic rings. The van der Waals surface area contributed by atoms with Crippen LogP contribution in [0.4, 0.5) is 0 Å². The van der Waals surface area contributed by atoms with Gasteiger partial charge in [0.1, 0.15) is 11.5 Å². The smallest absolute Gasteiger partial charge is 0.243 e. The first-order valence-electron chi connectivity index (χ1n) is 8.35. The molecule has 1 aromatic carbocycles. The maximum atomic E-state index is 12.2. The Labute approximate surface area is 143 Å². The van der Waals surface area contributed by atoms with Crippen molar-refractivity contribution in [2.24, 2.45) is 11.0 Å². The van der Waals surface area contributed by atoms with E-state index in [1.807, 2.05) is 13.0 Å². The molecule has 1 aliphatic carbocycles. The predicted octanol–water partition coefficient (Wildman–Crippen LogP) is 4.22. The quantitative estimate of drug-likeness (QED) is 0.676. The second kappa shape index (κ2) is 6.27. The number of amides is 1. The summed E-state index contributed by atoms with van der Waals surface area (Å²) < 4.78 is 5.25. The van der Waals surface area contributed by atoms with Crippen LogP contribution in [0.3, 0.4) is 0 Å². The molecule has 2 aromatic rings. The zero-order chi connectivity index (χ0) is 17.3. The molecule has 1 heterocycles. The highest BCUT2D eigenvalue weighted by Gasteiger charge is 2.44. The Bertz CT molecular complexity index is 737. The Morgan fingerprint density at radius 1 is 1.21 bits per heavy atom. The van der Waals surface area contributed by atoms with Gasteiger partial charge in [-0.3, -0.25) is 4.79 Å². The summed E-state index contributed by atoms with van der Waals surface area (Å²) in [5.74, 6) is 0.961. The first-order valence-corrected chi connectivity index (χ1v) is 8.35. The van der Waals surface area contributed by atoms with Crippen molar-refractivity contribution in [3.8, 4) is 0 Å². The van der Waals surface area contributed by atoms with Crippen molar-refractivity contribution in [3.63, 3.8) is 0 Å². The number of nitrogens with zero attached hydrogens (tertiary/aromatic N) is 1. The minimum absolute atomic E-state index is 0.0126. The molecule has 24 heavy (non-hydrogen) atoms. The van der Waals surface area contributed by atoms with E-state index in [1.54, 1.807) is 12.3 Å². The van der Waals surface area contributed by atoms with Crippen LogP contribution in [0.15, 0.2) is 52.2 Å². The van der Waals surface area contributed by atoms with E-state index >= 15 is 0 Å². The Kier molecular flexibility index (Phi) is 4.31. The molecule has 1 saturated carbocycles. The Hall–Kier alpha value is -2.36. The van der Waals surface area contributed by atoms with Crippen molar-refractivity contribution in [1.82, 2.24) is 5.43 Å². The molecular weight excluding hydrogens is 300 g/mol. The summed E-state index contributed by atoms with van der Waals surface area (Å²) in [5.41, 5.74) is 6.02. The van der Waals surface area contributed by atoms with Crippen LogP contribution in [0.25, 0.3) is 0 Å². The Morgan fingerprint density at radius 3 is 2.50 bits per heavy atom. The van der Waals surface area contributed by atoms with E-state index in [9.17, 15) is 4.79 Å². The SMILES string of the molecule is C/C(=N\NC(=O)[C@H]1C[C@H]1c1ccc(C(C)(C)C)cc1)c1ccco1. The van der Waals surface area contributed by atoms with E-state index in [1.165, 1.54) is 11.1 Å². The van der Waals surface area contributed by atoms with E-state index in [2.05, 4.69) is 55.6 Å². The molecule has 126 valence electrons. The standard InChI is InChI=1S/C20H24N2O2/c1-13(18-6-5-11-24-18)21-22-19(23)17-12-16(17)14-7-9-15(10-8-14)20(2,3)4/h5-11,16-17H,12H2,1-4H3,(H,22,23)/b21-13+/t16-,17-/m0/s1. The van der Waals surface area contributed by atoms with Crippen LogP contribution in [-0.2, 0) is 10.2 Å². The second-order valence-electron chi connectivity index (χ2n) is 7.47. The van der Waals surface area contributed by atoms with Gasteiger partial charge in [-0.2, -0.15) is 5.10 Å². The van der Waals surface area contributed by atoms with Crippen molar-refractivity contribution in [1.29, 1.82) is 0 Å². The average Bonchev–Trinajstić information content (AvgIpc) is 3.16. The number of nitrogens with one attached hydrogen (secondary N) is 1. The first kappa shape index (κ1) is 16.5. The molecule has 4 heteroatoms. The molecule has 1 aromatic heterocycles. The largest absolute Gasteiger partial charge is 0.463 e. The fourth-order valence-electron chi connectivity index (χ4n) is 2.84. The van der Waals surface area contributed by atoms with Crippen molar-refractivity contribution in [2.75, 3.05) is 0 Å². The number of hydrazone groups is 1. The lowest BCUT2D eigenvalue weighted by Crippen LogP contribution is -2.21. The molecule has 1 fully saturated rings. The number of carbonyl (C=O) groups is 1. The van der Waals surface area contributed by atoms with E-state index in [4.69, 9.17) is 4.42 Å². The van der Waals surface area contributed by atoms with E-state index in [0.29, 0.717) is 17.4 Å². The van der Waals surface area contributed by atoms with Gasteiger partial charge >= 0.3 is 0 Å². The molecule has 1 amide bonds. The average molecular weight is 324 g/mol. The van der Waals surface area contributed by atoms with Crippen LogP contribution in [0.5, 0.6) is 0 Å². The Balaban J connectivity index is 1.59. The van der Waals surface area contributed by atoms with Crippen LogP contribution >= 0.6 is 0 Å². The molecule has 0 spiro atoms. The molecule has 1 N–H and O–H groups in total. The summed E-state index contributed by atoms with van der Waals surface area (Å²) in [6.45, 7) is 8.42. The van der Waals surface area contributed by atoms with Crippen LogP contribution in [0.2, 0.25) is 0 Å². The highest BCUT2D eigenvalue weighted by atomic mass is 16.3. The molecule has 0 unspecified atom stereocenters. The van der Waals surface area contributed by atoms with Gasteiger partial charge in [0.05, 0.1) is 6.26 Å². The lowest BCUT2D eigenvalue weighted by atomic mass is 9.86. The number of rotatable bonds is 4. The molecule has 4 nitrogen and oxygen atoms in total. The molecule has 0 saturated heterocycles. The topological polar surface area (TPSA) is 54.6 Å². The monoisotopic (exact) mass is 324 g/mol. The van der Waals surface area contributed by atoms with Crippen LogP contribution < -0.4 is 5.43 Å². The third kappa shape index (κ3) is 3.58. The lowest BCUT2D eigenvalue weighted by molar-refractivity contribution is -0.122. The van der Waals surface area contributed by atoms with Crippen LogP contribution in [0, 0.1) is 5.92 Å². The van der Waals surface area contributed by atoms with Gasteiger partial charge in [0, 0.05) is 5.92 Å². The minimum atomic E-state index is -0.0224. The normalized spacial score (nSPS) is 20.8. The zero-order valence-corrected chi connectivity index (χ0v) is 14.7. The molecule has 0 aliphatic heterocycles. The number of hydrogen-bond donors (Lipinski definition) is 1. The van der Waals surface area contributed by atoms with Gasteiger partial charge < -0.3 is 4.42 Å². The summed E-state index contributed by atoms with van der Waals surface area (Å²) in [7, 11) is 0. The summed E-state index contributed by atoms with van der Waals surface area (Å²) in [4.78, 5) is 12.2. The van der Waals surface area contributed by atoms with E-state index in [0.717, 1.165) is 6.42 Å². The molecule has 2 atom stereocenters. The van der Waals surface area contributed by atoms with Gasteiger partial charge in [0.2, 0.25) is 5.91 Å². The van der Waals surface area contributed by atoms with Gasteiger partial charge in [0.15, 0.2) is 0 Å². The fourth-order valence-corrected chi connectivity index (χ4v) is 2.84. The summed E-state index contributed by atoms with van der Waals surface area (Å²) >= 11 is 0. The van der Waals surface area contributed by atoms with Gasteiger partial charge in [-0.05, 0) is 47.9 Å². The lowest BCUT2D eigenvalue weighted by Gasteiger charge is -2.19. The minimum Gasteiger partial charge on any atom is -0.463 e. The summed E-state index contributed by atoms with van der Waals surface area (Å²) in [6.07, 6.45) is 2.48. The van der Waals surface area contributed by atoms with Crippen molar-refractivity contribution in [2.45, 2.75) is 45.4 Å². The highest BCUT2D eigenvalue weighted by Crippen LogP contribution is 2.47. The molecular formula is C20H24N2O2. The number of hydrogen-bond acceptors (Lipinski definition) is 3. The Morgan fingerprint density at radius 2 is 1.92 bits per heavy atom. The van der Waals surface area contributed by atoms with Gasteiger partial charge in [0.25, 0.3) is 0 Å². The molecule has 0 bridgehead atoms. The number of furan rings is 1. The molecule has 3 rings (SSSR count). The van der Waals surface area contributed by atoms with E-state index < -0.39 is 0 Å². The first-order chi connectivity index (χ1) is 11.4. The maximum Gasteiger partial charge on any atom is 0.243 e. The summed E-state index contributed by atoms with van der Waals surface area (Å²) in [5, 5.41) is 4.13. The van der Waals surface area contributed by atoms with Crippen molar-refractivity contribution in [3.05, 3.63) is 59.5 Å². The van der Waals surface area contributed by atoms with E-state index in [-0.39, 0.29) is 17.2 Å². The molecule has 0 radical (unpaired) electrons. The number of benzene rings is 1. The third-order valence-electron chi connectivity index (χ3n) is 4.54.